The number of nitrogens with one attached hydrogen (secondary N) is 1. The molecule has 3 rings (SSSR count). The molecule has 3 aromatic rings. The average Bonchev–Trinajstić information content (AvgIpc) is 2.90. The maximum Gasteiger partial charge on any atom is 0.240 e. The molecule has 0 aliphatic heterocycles. The number of halogens is 1. The van der Waals surface area contributed by atoms with Gasteiger partial charge in [0.25, 0.3) is 0 Å². The number of carbonyl (C=O) groups excluding carboxylic acids is 1. The van der Waals surface area contributed by atoms with Crippen molar-refractivity contribution in [2.24, 2.45) is 0 Å². The molecule has 142 valence electrons. The van der Waals surface area contributed by atoms with E-state index >= 15 is 0 Å². The Labute approximate surface area is 163 Å². The van der Waals surface area contributed by atoms with Gasteiger partial charge in [-0.3, -0.25) is 4.79 Å². The van der Waals surface area contributed by atoms with E-state index in [0.717, 1.165) is 17.3 Å². The molecule has 1 heterocycles. The van der Waals surface area contributed by atoms with E-state index < -0.39 is 9.84 Å². The van der Waals surface area contributed by atoms with E-state index in [9.17, 15) is 13.2 Å². The van der Waals surface area contributed by atoms with Crippen molar-refractivity contribution in [1.82, 2.24) is 14.9 Å². The van der Waals surface area contributed by atoms with Gasteiger partial charge in [0, 0.05) is 11.3 Å². The zero-order valence-electron chi connectivity index (χ0n) is 15.0. The Kier molecular flexibility index (Phi) is 5.53. The van der Waals surface area contributed by atoms with Gasteiger partial charge in [-0.25, -0.2) is 13.4 Å². The van der Waals surface area contributed by atoms with Crippen molar-refractivity contribution in [1.29, 1.82) is 0 Å². The summed E-state index contributed by atoms with van der Waals surface area (Å²) in [6.45, 7) is 1.85. The monoisotopic (exact) mass is 405 g/mol. The molecule has 0 unspecified atom stereocenters. The minimum absolute atomic E-state index is 0.0176. The highest BCUT2D eigenvalue weighted by molar-refractivity contribution is 7.89. The number of aromatic nitrogens is 2. The predicted octanol–water partition coefficient (Wildman–Crippen LogP) is 3.11. The molecule has 27 heavy (non-hydrogen) atoms. The fourth-order valence-electron chi connectivity index (χ4n) is 2.94. The maximum atomic E-state index is 12.6. The molecule has 1 N–H and O–H groups in total. The van der Waals surface area contributed by atoms with Crippen molar-refractivity contribution in [3.05, 3.63) is 64.9 Å². The summed E-state index contributed by atoms with van der Waals surface area (Å²) in [5.74, 6) is -0.108. The highest BCUT2D eigenvalue weighted by Gasteiger charge is 2.18. The molecule has 0 bridgehead atoms. The Hall–Kier alpha value is -2.38. The van der Waals surface area contributed by atoms with Gasteiger partial charge < -0.3 is 9.88 Å². The van der Waals surface area contributed by atoms with Gasteiger partial charge in [0.1, 0.15) is 18.1 Å². The smallest absolute Gasteiger partial charge is 0.240 e. The minimum Gasteiger partial charge on any atom is -0.348 e. The Morgan fingerprint density at radius 3 is 2.67 bits per heavy atom. The van der Waals surface area contributed by atoms with Crippen molar-refractivity contribution in [2.45, 2.75) is 25.3 Å². The Balaban J connectivity index is 1.84. The fourth-order valence-corrected chi connectivity index (χ4v) is 3.82. The van der Waals surface area contributed by atoms with Crippen molar-refractivity contribution in [2.75, 3.05) is 6.26 Å². The van der Waals surface area contributed by atoms with Crippen LogP contribution in [0.5, 0.6) is 0 Å². The topological polar surface area (TPSA) is 81.1 Å². The zero-order valence-corrected chi connectivity index (χ0v) is 16.6. The number of imidazole rings is 1. The molecule has 1 atom stereocenters. The molecule has 0 saturated carbocycles. The Morgan fingerprint density at radius 1 is 1.22 bits per heavy atom. The van der Waals surface area contributed by atoms with Crippen LogP contribution in [0.1, 0.15) is 24.4 Å². The molecular formula is C19H20ClN3O3S. The van der Waals surface area contributed by atoms with Crippen LogP contribution in [0.4, 0.5) is 0 Å². The second-order valence-corrected chi connectivity index (χ2v) is 9.09. The highest BCUT2D eigenvalue weighted by Crippen LogP contribution is 2.19. The summed E-state index contributed by atoms with van der Waals surface area (Å²) < 4.78 is 25.1. The van der Waals surface area contributed by atoms with Crippen molar-refractivity contribution in [3.63, 3.8) is 0 Å². The van der Waals surface area contributed by atoms with Crippen LogP contribution in [0.2, 0.25) is 5.02 Å². The number of fused-ring (bicyclic) bond motifs is 1. The molecule has 0 spiro atoms. The summed E-state index contributed by atoms with van der Waals surface area (Å²) in [6, 6.07) is 14.3. The SMILES string of the molecule is C[C@H](NC(=O)Cn1c(CS(C)(=O)=O)nc2ccccc21)c1cccc(Cl)c1. The van der Waals surface area contributed by atoms with Crippen LogP contribution in [-0.4, -0.2) is 30.1 Å². The fraction of sp³-hybridized carbons (Fsp3) is 0.263. The van der Waals surface area contributed by atoms with Crippen LogP contribution in [0.3, 0.4) is 0 Å². The van der Waals surface area contributed by atoms with Crippen molar-refractivity contribution < 1.29 is 13.2 Å². The quantitative estimate of drug-likeness (QED) is 0.683. The van der Waals surface area contributed by atoms with Crippen LogP contribution in [0.15, 0.2) is 48.5 Å². The molecular weight excluding hydrogens is 386 g/mol. The summed E-state index contributed by atoms with van der Waals surface area (Å²) in [5.41, 5.74) is 2.27. The zero-order chi connectivity index (χ0) is 19.6. The lowest BCUT2D eigenvalue weighted by molar-refractivity contribution is -0.122. The summed E-state index contributed by atoms with van der Waals surface area (Å²) in [6.07, 6.45) is 1.15. The lowest BCUT2D eigenvalue weighted by Gasteiger charge is -2.16. The molecule has 2 aromatic carbocycles. The van der Waals surface area contributed by atoms with Gasteiger partial charge >= 0.3 is 0 Å². The summed E-state index contributed by atoms with van der Waals surface area (Å²) in [5, 5.41) is 3.52. The largest absolute Gasteiger partial charge is 0.348 e. The van der Waals surface area contributed by atoms with Crippen LogP contribution in [-0.2, 0) is 26.9 Å². The first-order valence-corrected chi connectivity index (χ1v) is 10.8. The van der Waals surface area contributed by atoms with Gasteiger partial charge in [-0.15, -0.1) is 0 Å². The molecule has 1 amide bonds. The van der Waals surface area contributed by atoms with Gasteiger partial charge in [0.2, 0.25) is 5.91 Å². The van der Waals surface area contributed by atoms with E-state index in [1.54, 1.807) is 22.8 Å². The molecule has 0 aliphatic rings. The standard InChI is InChI=1S/C19H20ClN3O3S/c1-13(14-6-5-7-15(20)10-14)21-19(24)11-23-17-9-4-3-8-16(17)22-18(23)12-27(2,25)26/h3-10,13H,11-12H2,1-2H3,(H,21,24)/t13-/m0/s1. The number of benzene rings is 2. The van der Waals surface area contributed by atoms with E-state index in [1.165, 1.54) is 0 Å². The number of amides is 1. The predicted molar refractivity (Wildman–Crippen MR) is 106 cm³/mol. The lowest BCUT2D eigenvalue weighted by Crippen LogP contribution is -2.30. The Bertz CT molecular complexity index is 1090. The first-order valence-electron chi connectivity index (χ1n) is 8.39. The number of sulfone groups is 1. The van der Waals surface area contributed by atoms with Crippen molar-refractivity contribution >= 4 is 38.4 Å². The van der Waals surface area contributed by atoms with Gasteiger partial charge in [0.05, 0.1) is 17.1 Å². The third kappa shape index (κ3) is 4.87. The number of hydrogen-bond acceptors (Lipinski definition) is 4. The number of carbonyl (C=O) groups is 1. The summed E-state index contributed by atoms with van der Waals surface area (Å²) >= 11 is 6.01. The molecule has 0 radical (unpaired) electrons. The number of hydrogen-bond donors (Lipinski definition) is 1. The van der Waals surface area contributed by atoms with E-state index in [0.29, 0.717) is 16.4 Å². The van der Waals surface area contributed by atoms with E-state index in [1.807, 2.05) is 37.3 Å². The second kappa shape index (κ2) is 7.70. The third-order valence-corrected chi connectivity index (χ3v) is 5.17. The van der Waals surface area contributed by atoms with E-state index in [4.69, 9.17) is 11.6 Å². The van der Waals surface area contributed by atoms with Crippen molar-refractivity contribution in [3.8, 4) is 0 Å². The van der Waals surface area contributed by atoms with Crippen LogP contribution in [0, 0.1) is 0 Å². The number of nitrogens with zero attached hydrogens (tertiary/aromatic N) is 2. The van der Waals surface area contributed by atoms with Gasteiger partial charge in [-0.1, -0.05) is 35.9 Å². The maximum absolute atomic E-state index is 12.6. The minimum atomic E-state index is -3.28. The van der Waals surface area contributed by atoms with Crippen LogP contribution in [0.25, 0.3) is 11.0 Å². The lowest BCUT2D eigenvalue weighted by atomic mass is 10.1. The van der Waals surface area contributed by atoms with E-state index in [2.05, 4.69) is 10.3 Å². The van der Waals surface area contributed by atoms with E-state index in [-0.39, 0.29) is 24.2 Å². The third-order valence-electron chi connectivity index (χ3n) is 4.15. The highest BCUT2D eigenvalue weighted by atomic mass is 35.5. The normalized spacial score (nSPS) is 12.9. The molecule has 6 nitrogen and oxygen atoms in total. The first kappa shape index (κ1) is 19.4. The molecule has 8 heteroatoms. The number of para-hydroxylation sites is 2. The van der Waals surface area contributed by atoms with Crippen LogP contribution < -0.4 is 5.32 Å². The van der Waals surface area contributed by atoms with Gasteiger partial charge in [0.15, 0.2) is 9.84 Å². The Morgan fingerprint density at radius 2 is 1.96 bits per heavy atom. The van der Waals surface area contributed by atoms with Gasteiger partial charge in [-0.05, 0) is 36.8 Å². The number of rotatable bonds is 6. The molecule has 1 aromatic heterocycles. The summed E-state index contributed by atoms with van der Waals surface area (Å²) in [7, 11) is -3.28. The summed E-state index contributed by atoms with van der Waals surface area (Å²) in [4.78, 5) is 17.0. The average molecular weight is 406 g/mol. The van der Waals surface area contributed by atoms with Gasteiger partial charge in [-0.2, -0.15) is 0 Å². The first-order chi connectivity index (χ1) is 12.7. The molecule has 0 saturated heterocycles. The second-order valence-electron chi connectivity index (χ2n) is 6.52. The van der Waals surface area contributed by atoms with Crippen LogP contribution >= 0.6 is 11.6 Å². The molecule has 0 fully saturated rings. The molecule has 0 aliphatic carbocycles.